The molecule has 2 aromatic heterocycles. The minimum absolute atomic E-state index is 0.140. The Bertz CT molecular complexity index is 2070. The van der Waals surface area contributed by atoms with Crippen molar-refractivity contribution in [3.63, 3.8) is 0 Å². The van der Waals surface area contributed by atoms with Gasteiger partial charge in [-0.2, -0.15) is 0 Å². The maximum absolute atomic E-state index is 13.0. The van der Waals surface area contributed by atoms with Crippen LogP contribution in [0.25, 0.3) is 27.5 Å². The molecule has 0 spiro atoms. The van der Waals surface area contributed by atoms with Gasteiger partial charge >= 0.3 is 0 Å². The highest BCUT2D eigenvalue weighted by Gasteiger charge is 2.19. The molecule has 48 heavy (non-hydrogen) atoms. The number of carbonyl (C=O) groups is 1. The van der Waals surface area contributed by atoms with Crippen molar-refractivity contribution in [3.8, 4) is 28.4 Å². The number of imidazole rings is 1. The molecule has 0 aliphatic heterocycles. The smallest absolute Gasteiger partial charge is 0.241 e. The number of aromatic nitrogens is 2. The number of amides is 1. The molecule has 0 bridgehead atoms. The van der Waals surface area contributed by atoms with E-state index >= 15 is 0 Å². The molecule has 0 N–H and O–H groups in total. The molecule has 245 valence electrons. The highest BCUT2D eigenvalue weighted by Crippen LogP contribution is 2.38. The lowest BCUT2D eigenvalue weighted by molar-refractivity contribution is -0.121. The Morgan fingerprint density at radius 1 is 0.833 bits per heavy atom. The van der Waals surface area contributed by atoms with Crippen LogP contribution in [0.3, 0.4) is 0 Å². The van der Waals surface area contributed by atoms with Gasteiger partial charge < -0.3 is 18.6 Å². The van der Waals surface area contributed by atoms with E-state index in [2.05, 4.69) is 71.2 Å². The summed E-state index contributed by atoms with van der Waals surface area (Å²) in [6.07, 6.45) is 4.31. The first-order chi connectivity index (χ1) is 23.4. The van der Waals surface area contributed by atoms with Crippen LogP contribution in [0.4, 0.5) is 0 Å². The zero-order valence-electron chi connectivity index (χ0n) is 27.7. The predicted molar refractivity (Wildman–Crippen MR) is 191 cm³/mol. The molecule has 1 amide bonds. The summed E-state index contributed by atoms with van der Waals surface area (Å²) in [6.45, 7) is 2.32. The van der Waals surface area contributed by atoms with E-state index < -0.39 is 0 Å². The van der Waals surface area contributed by atoms with Gasteiger partial charge in [0.05, 0.1) is 44.3 Å². The lowest BCUT2D eigenvalue weighted by Crippen LogP contribution is -2.17. The molecule has 0 aliphatic carbocycles. The zero-order chi connectivity index (χ0) is 33.6. The number of rotatable bonds is 13. The van der Waals surface area contributed by atoms with E-state index in [0.717, 1.165) is 45.0 Å². The van der Waals surface area contributed by atoms with Crippen LogP contribution in [-0.2, 0) is 24.2 Å². The van der Waals surface area contributed by atoms with Gasteiger partial charge in [-0.25, -0.2) is 10.3 Å². The first kappa shape index (κ1) is 32.9. The van der Waals surface area contributed by atoms with Gasteiger partial charge in [0.1, 0.15) is 11.4 Å². The summed E-state index contributed by atoms with van der Waals surface area (Å²) in [5.74, 6) is 1.99. The minimum atomic E-state index is -0.140. The third-order valence-electron chi connectivity index (χ3n) is 8.82. The monoisotopic (exact) mass is 660 g/mol. The highest BCUT2D eigenvalue weighted by atomic mass is 35.5. The molecule has 1 radical (unpaired) electrons. The Hall–Kier alpha value is -5.01. The lowest BCUT2D eigenvalue weighted by Gasteiger charge is -2.16. The van der Waals surface area contributed by atoms with E-state index in [4.69, 9.17) is 30.8 Å². The van der Waals surface area contributed by atoms with Crippen LogP contribution in [0.1, 0.15) is 42.3 Å². The molecule has 0 aliphatic rings. The molecule has 0 saturated carbocycles. The number of carbonyl (C=O) groups excluding carboxylic acids is 1. The Morgan fingerprint density at radius 2 is 1.56 bits per heavy atom. The molecule has 6 aromatic rings. The van der Waals surface area contributed by atoms with Crippen molar-refractivity contribution < 1.29 is 19.0 Å². The second kappa shape index (κ2) is 14.8. The summed E-state index contributed by atoms with van der Waals surface area (Å²) in [7, 11) is 4.85. The number of nitrogens with zero attached hydrogens (tertiary/aromatic N) is 3. The van der Waals surface area contributed by atoms with E-state index in [1.807, 2.05) is 42.6 Å². The van der Waals surface area contributed by atoms with Gasteiger partial charge in [-0.3, -0.25) is 4.79 Å². The number of methoxy groups -OCH3 is 3. The molecular formula is C40H39ClN3O4. The van der Waals surface area contributed by atoms with Crippen molar-refractivity contribution >= 4 is 33.9 Å². The summed E-state index contributed by atoms with van der Waals surface area (Å²) in [5, 5.41) is 7.41. The summed E-state index contributed by atoms with van der Waals surface area (Å²) in [5.41, 5.74) is 6.81. The Kier molecular flexibility index (Phi) is 10.2. The van der Waals surface area contributed by atoms with Crippen molar-refractivity contribution in [2.45, 2.75) is 39.2 Å². The Morgan fingerprint density at radius 3 is 2.35 bits per heavy atom. The van der Waals surface area contributed by atoms with Gasteiger partial charge in [0.15, 0.2) is 11.5 Å². The first-order valence-electron chi connectivity index (χ1n) is 16.1. The van der Waals surface area contributed by atoms with Crippen molar-refractivity contribution in [2.24, 2.45) is 5.92 Å². The molecule has 8 heteroatoms. The maximum atomic E-state index is 13.0. The number of benzene rings is 4. The van der Waals surface area contributed by atoms with Crippen LogP contribution in [0, 0.1) is 5.92 Å². The molecule has 6 rings (SSSR count). The van der Waals surface area contributed by atoms with Gasteiger partial charge in [-0.05, 0) is 82.6 Å². The summed E-state index contributed by atoms with van der Waals surface area (Å²) in [4.78, 5) is 17.9. The normalized spacial score (nSPS) is 11.9. The number of hydrogen-bond acceptors (Lipinski definition) is 5. The van der Waals surface area contributed by atoms with E-state index in [9.17, 15) is 4.79 Å². The van der Waals surface area contributed by atoms with E-state index in [0.29, 0.717) is 42.2 Å². The average Bonchev–Trinajstić information content (AvgIpc) is 3.47. The van der Waals surface area contributed by atoms with Crippen molar-refractivity contribution in [3.05, 3.63) is 125 Å². The van der Waals surface area contributed by atoms with E-state index in [-0.39, 0.29) is 18.4 Å². The Balaban J connectivity index is 1.16. The Labute approximate surface area is 286 Å². The van der Waals surface area contributed by atoms with Gasteiger partial charge in [-0.15, -0.1) is 0 Å². The topological polar surface area (TPSA) is 76.2 Å². The van der Waals surface area contributed by atoms with E-state index in [1.165, 1.54) is 10.8 Å². The minimum Gasteiger partial charge on any atom is -0.496 e. The fourth-order valence-corrected chi connectivity index (χ4v) is 6.54. The van der Waals surface area contributed by atoms with Gasteiger partial charge in [0.2, 0.25) is 5.91 Å². The van der Waals surface area contributed by atoms with Crippen LogP contribution in [0.5, 0.6) is 17.2 Å². The van der Waals surface area contributed by atoms with Crippen LogP contribution < -0.4 is 19.5 Å². The third-order valence-corrected chi connectivity index (χ3v) is 9.24. The number of halogens is 1. The molecule has 1 atom stereocenters. The zero-order valence-corrected chi connectivity index (χ0v) is 28.5. The first-order valence-corrected chi connectivity index (χ1v) is 16.5. The van der Waals surface area contributed by atoms with Crippen molar-refractivity contribution in [2.75, 3.05) is 21.3 Å². The van der Waals surface area contributed by atoms with Crippen LogP contribution in [0.15, 0.2) is 97.2 Å². The fraction of sp³-hybridized carbons (Fsp3) is 0.250. The van der Waals surface area contributed by atoms with Crippen molar-refractivity contribution in [1.82, 2.24) is 14.7 Å². The molecule has 0 saturated heterocycles. The largest absolute Gasteiger partial charge is 0.496 e. The SMILES string of the molecule is COc1ccc(-c2ccc3ccccc3c2)cc1Cc1c(C[N]C(=O)CCC(C)Cc2ccc(OC)c(OC)c2Cl)nc2ccccn12. The lowest BCUT2D eigenvalue weighted by atomic mass is 9.96. The molecule has 1 unspecified atom stereocenters. The molecule has 4 aromatic carbocycles. The molecular weight excluding hydrogens is 622 g/mol. The molecule has 2 heterocycles. The standard InChI is InChI=1S/C40H39ClN3O4/c1-26(21-31-16-18-36(47-3)40(48-4)39(31)41)12-19-38(45)42-25-33-34(44-20-8-7-11-37(44)43-33)24-32-23-30(15-17-35(32)46-2)29-14-13-27-9-5-6-10-28(27)22-29/h5-11,13-18,20,22-23,26H,12,19,21,24-25H2,1-4H3. The van der Waals surface area contributed by atoms with E-state index in [1.54, 1.807) is 21.3 Å². The van der Waals surface area contributed by atoms with Gasteiger partial charge in [-0.1, -0.05) is 73.1 Å². The van der Waals surface area contributed by atoms with Crippen LogP contribution in [0.2, 0.25) is 5.02 Å². The average molecular weight is 661 g/mol. The van der Waals surface area contributed by atoms with Crippen LogP contribution in [-0.4, -0.2) is 36.6 Å². The number of ether oxygens (including phenoxy) is 3. The molecule has 7 nitrogen and oxygen atoms in total. The van der Waals surface area contributed by atoms with Gasteiger partial charge in [0, 0.05) is 24.6 Å². The summed E-state index contributed by atoms with van der Waals surface area (Å²) in [6, 6.07) is 30.9. The summed E-state index contributed by atoms with van der Waals surface area (Å²) < 4.78 is 18.7. The highest BCUT2D eigenvalue weighted by molar-refractivity contribution is 6.33. The van der Waals surface area contributed by atoms with Crippen LogP contribution >= 0.6 is 11.6 Å². The predicted octanol–water partition coefficient (Wildman–Crippen LogP) is 8.71. The maximum Gasteiger partial charge on any atom is 0.241 e. The third kappa shape index (κ3) is 7.11. The molecule has 0 fully saturated rings. The quantitative estimate of drug-likeness (QED) is 0.124. The summed E-state index contributed by atoms with van der Waals surface area (Å²) >= 11 is 6.60. The fourth-order valence-electron chi connectivity index (χ4n) is 6.23. The number of pyridine rings is 1. The van der Waals surface area contributed by atoms with Crippen molar-refractivity contribution in [1.29, 1.82) is 0 Å². The van der Waals surface area contributed by atoms with Gasteiger partial charge in [0.25, 0.3) is 0 Å². The second-order valence-corrected chi connectivity index (χ2v) is 12.4. The number of fused-ring (bicyclic) bond motifs is 2. The number of hydrogen-bond donors (Lipinski definition) is 0. The second-order valence-electron chi connectivity index (χ2n) is 12.0.